The van der Waals surface area contributed by atoms with E-state index in [9.17, 15) is 9.90 Å². The van der Waals surface area contributed by atoms with Crippen molar-refractivity contribution in [2.24, 2.45) is 0 Å². The summed E-state index contributed by atoms with van der Waals surface area (Å²) in [7, 11) is 1.82. The van der Waals surface area contributed by atoms with Crippen molar-refractivity contribution in [3.63, 3.8) is 0 Å². The fourth-order valence-electron chi connectivity index (χ4n) is 2.52. The molecule has 0 spiro atoms. The third-order valence-electron chi connectivity index (χ3n) is 3.60. The van der Waals surface area contributed by atoms with Crippen LogP contribution in [-0.4, -0.2) is 28.8 Å². The normalized spacial score (nSPS) is 17.0. The van der Waals surface area contributed by atoms with Gasteiger partial charge in [-0.2, -0.15) is 0 Å². The Labute approximate surface area is 131 Å². The molecule has 0 atom stereocenters. The number of aryl methyl sites for hydroxylation is 2. The molecular formula is C17H23NO2S. The Morgan fingerprint density at radius 2 is 1.81 bits per heavy atom. The van der Waals surface area contributed by atoms with Gasteiger partial charge in [0.15, 0.2) is 0 Å². The molecule has 0 radical (unpaired) electrons. The second-order valence-corrected chi connectivity index (χ2v) is 6.46. The summed E-state index contributed by atoms with van der Waals surface area (Å²) < 4.78 is 0. The molecule has 0 aliphatic carbocycles. The van der Waals surface area contributed by atoms with E-state index in [1.165, 1.54) is 0 Å². The van der Waals surface area contributed by atoms with Crippen molar-refractivity contribution in [3.8, 4) is 5.75 Å². The number of carbonyl (C=O) groups excluding carboxylic acids is 1. The van der Waals surface area contributed by atoms with Gasteiger partial charge in [-0.25, -0.2) is 0 Å². The third-order valence-corrected chi connectivity index (χ3v) is 4.72. The van der Waals surface area contributed by atoms with Gasteiger partial charge in [-0.3, -0.25) is 4.79 Å². The standard InChI is InChI=1S/C17H23NO2S/c1-4-6-13-8-12(9-14(7-5-2)16(13)19)10-15-17(20)18(3)11-21-15/h8-10,19H,4-7,11H2,1-3H3/b15-10-. The highest BCUT2D eigenvalue weighted by Crippen LogP contribution is 2.32. The molecule has 1 N–H and O–H groups in total. The number of amides is 1. The Bertz CT molecular complexity index is 539. The Kier molecular flexibility index (Phi) is 5.34. The molecule has 3 nitrogen and oxygen atoms in total. The maximum atomic E-state index is 12.0. The van der Waals surface area contributed by atoms with Crippen molar-refractivity contribution in [2.75, 3.05) is 12.9 Å². The first-order valence-corrected chi connectivity index (χ1v) is 8.50. The molecule has 0 saturated carbocycles. The number of hydrogen-bond donors (Lipinski definition) is 1. The lowest BCUT2D eigenvalue weighted by molar-refractivity contribution is -0.123. The van der Waals surface area contributed by atoms with E-state index in [1.807, 2.05) is 25.3 Å². The van der Waals surface area contributed by atoms with Gasteiger partial charge >= 0.3 is 0 Å². The van der Waals surface area contributed by atoms with Gasteiger partial charge in [-0.05, 0) is 47.7 Å². The highest BCUT2D eigenvalue weighted by Gasteiger charge is 2.23. The zero-order valence-electron chi connectivity index (χ0n) is 13.0. The van der Waals surface area contributed by atoms with Crippen LogP contribution in [-0.2, 0) is 17.6 Å². The number of rotatable bonds is 5. The maximum absolute atomic E-state index is 12.0. The van der Waals surface area contributed by atoms with E-state index in [2.05, 4.69) is 13.8 Å². The number of thioether (sulfide) groups is 1. The number of hydrogen-bond acceptors (Lipinski definition) is 3. The minimum atomic E-state index is 0.0853. The Morgan fingerprint density at radius 3 is 2.24 bits per heavy atom. The molecule has 1 aliphatic rings. The van der Waals surface area contributed by atoms with Gasteiger partial charge in [0, 0.05) is 7.05 Å². The number of benzene rings is 1. The number of aromatic hydroxyl groups is 1. The summed E-state index contributed by atoms with van der Waals surface area (Å²) in [6.07, 6.45) is 5.67. The second-order valence-electron chi connectivity index (χ2n) is 5.47. The van der Waals surface area contributed by atoms with E-state index in [-0.39, 0.29) is 5.91 Å². The number of phenols is 1. The average Bonchev–Trinajstić information content (AvgIpc) is 2.76. The second kappa shape index (κ2) is 7.03. The van der Waals surface area contributed by atoms with Crippen molar-refractivity contribution in [1.29, 1.82) is 0 Å². The van der Waals surface area contributed by atoms with Gasteiger partial charge in [0.25, 0.3) is 5.91 Å². The largest absolute Gasteiger partial charge is 0.507 e. The van der Waals surface area contributed by atoms with E-state index < -0.39 is 0 Å². The molecule has 0 aromatic heterocycles. The first-order valence-electron chi connectivity index (χ1n) is 7.51. The Balaban J connectivity index is 2.39. The number of nitrogens with zero attached hydrogens (tertiary/aromatic N) is 1. The van der Waals surface area contributed by atoms with Gasteiger partial charge < -0.3 is 10.0 Å². The summed E-state index contributed by atoms with van der Waals surface area (Å²) in [4.78, 5) is 14.5. The third kappa shape index (κ3) is 3.62. The topological polar surface area (TPSA) is 40.5 Å². The molecule has 21 heavy (non-hydrogen) atoms. The monoisotopic (exact) mass is 305 g/mol. The van der Waals surface area contributed by atoms with Crippen molar-refractivity contribution in [1.82, 2.24) is 4.90 Å². The van der Waals surface area contributed by atoms with Crippen molar-refractivity contribution >= 4 is 23.7 Å². The Hall–Kier alpha value is -1.42. The fraction of sp³-hybridized carbons (Fsp3) is 0.471. The quantitative estimate of drug-likeness (QED) is 0.841. The van der Waals surface area contributed by atoms with Crippen LogP contribution < -0.4 is 0 Å². The molecule has 2 rings (SSSR count). The highest BCUT2D eigenvalue weighted by molar-refractivity contribution is 8.04. The van der Waals surface area contributed by atoms with Crippen LogP contribution in [0.5, 0.6) is 5.75 Å². The van der Waals surface area contributed by atoms with Crippen LogP contribution in [0.25, 0.3) is 6.08 Å². The maximum Gasteiger partial charge on any atom is 0.260 e. The van der Waals surface area contributed by atoms with Gasteiger partial charge in [0.1, 0.15) is 5.75 Å². The molecule has 1 fully saturated rings. The molecule has 1 heterocycles. The lowest BCUT2D eigenvalue weighted by Gasteiger charge is -2.11. The summed E-state index contributed by atoms with van der Waals surface area (Å²) in [5, 5.41) is 10.3. The molecule has 1 amide bonds. The lowest BCUT2D eigenvalue weighted by atomic mass is 9.98. The first kappa shape index (κ1) is 16.0. The lowest BCUT2D eigenvalue weighted by Crippen LogP contribution is -2.18. The summed E-state index contributed by atoms with van der Waals surface area (Å²) in [6.45, 7) is 4.21. The summed E-state index contributed by atoms with van der Waals surface area (Å²) >= 11 is 1.57. The highest BCUT2D eigenvalue weighted by atomic mass is 32.2. The van der Waals surface area contributed by atoms with Crippen molar-refractivity contribution < 1.29 is 9.90 Å². The van der Waals surface area contributed by atoms with E-state index in [0.717, 1.165) is 47.3 Å². The first-order chi connectivity index (χ1) is 10.1. The van der Waals surface area contributed by atoms with E-state index in [0.29, 0.717) is 11.6 Å². The van der Waals surface area contributed by atoms with Crippen LogP contribution in [0, 0.1) is 0 Å². The van der Waals surface area contributed by atoms with Crippen LogP contribution in [0.15, 0.2) is 17.0 Å². The van der Waals surface area contributed by atoms with Crippen LogP contribution in [0.2, 0.25) is 0 Å². The van der Waals surface area contributed by atoms with Gasteiger partial charge in [0.2, 0.25) is 0 Å². The summed E-state index contributed by atoms with van der Waals surface area (Å²) in [5.74, 6) is 1.23. The zero-order valence-corrected chi connectivity index (χ0v) is 13.8. The smallest absolute Gasteiger partial charge is 0.260 e. The predicted molar refractivity (Wildman–Crippen MR) is 89.3 cm³/mol. The van der Waals surface area contributed by atoms with E-state index >= 15 is 0 Å². The van der Waals surface area contributed by atoms with Gasteiger partial charge in [-0.15, -0.1) is 0 Å². The number of carbonyl (C=O) groups is 1. The molecule has 1 aliphatic heterocycles. The van der Waals surface area contributed by atoms with Gasteiger partial charge in [0.05, 0.1) is 10.8 Å². The summed E-state index contributed by atoms with van der Waals surface area (Å²) in [6, 6.07) is 4.02. The van der Waals surface area contributed by atoms with Crippen molar-refractivity contribution in [3.05, 3.63) is 33.7 Å². The minimum absolute atomic E-state index is 0.0853. The molecule has 1 aromatic rings. The van der Waals surface area contributed by atoms with Gasteiger partial charge in [-0.1, -0.05) is 38.5 Å². The average molecular weight is 305 g/mol. The zero-order chi connectivity index (χ0) is 15.4. The molecule has 114 valence electrons. The molecular weight excluding hydrogens is 282 g/mol. The molecule has 1 saturated heterocycles. The minimum Gasteiger partial charge on any atom is -0.507 e. The molecule has 4 heteroatoms. The van der Waals surface area contributed by atoms with Crippen LogP contribution in [0.3, 0.4) is 0 Å². The summed E-state index contributed by atoms with van der Waals surface area (Å²) in [5.41, 5.74) is 2.99. The molecule has 1 aromatic carbocycles. The number of phenolic OH excluding ortho intramolecular Hbond substituents is 1. The molecule has 0 bridgehead atoms. The van der Waals surface area contributed by atoms with Crippen LogP contribution >= 0.6 is 11.8 Å². The SMILES string of the molecule is CCCc1cc(/C=C2\SCN(C)C2=O)cc(CCC)c1O. The fourth-order valence-corrected chi connectivity index (χ4v) is 3.47. The van der Waals surface area contributed by atoms with E-state index in [4.69, 9.17) is 0 Å². The Morgan fingerprint density at radius 1 is 1.24 bits per heavy atom. The van der Waals surface area contributed by atoms with Crippen LogP contribution in [0.4, 0.5) is 0 Å². The molecule has 0 unspecified atom stereocenters. The number of likely N-dealkylation sites (N-methyl/N-ethyl adjacent to an activating group) is 1. The van der Waals surface area contributed by atoms with E-state index in [1.54, 1.807) is 16.7 Å². The van der Waals surface area contributed by atoms with Crippen LogP contribution in [0.1, 0.15) is 43.4 Å². The predicted octanol–water partition coefficient (Wildman–Crippen LogP) is 3.80. The van der Waals surface area contributed by atoms with Crippen molar-refractivity contribution in [2.45, 2.75) is 39.5 Å².